The molecule has 194 valence electrons. The summed E-state index contributed by atoms with van der Waals surface area (Å²) >= 11 is 0. The zero-order valence-electron chi connectivity index (χ0n) is 21.3. The lowest BCUT2D eigenvalue weighted by Crippen LogP contribution is -2.43. The molecule has 0 amide bonds. The predicted octanol–water partition coefficient (Wildman–Crippen LogP) is 5.03. The van der Waals surface area contributed by atoms with E-state index in [-0.39, 0.29) is 17.8 Å². The summed E-state index contributed by atoms with van der Waals surface area (Å²) in [6.45, 7) is 7.66. The Bertz CT molecular complexity index is 1100. The minimum absolute atomic E-state index is 0.140. The second-order valence-electron chi connectivity index (χ2n) is 10.7. The molecule has 0 spiro atoms. The van der Waals surface area contributed by atoms with Crippen molar-refractivity contribution in [3.05, 3.63) is 35.9 Å². The zero-order valence-corrected chi connectivity index (χ0v) is 22.2. The average Bonchev–Trinajstić information content (AvgIpc) is 3.30. The number of esters is 1. The fourth-order valence-corrected chi connectivity index (χ4v) is 6.78. The highest BCUT2D eigenvalue weighted by atomic mass is 32.3. The Labute approximate surface area is 208 Å². The lowest BCUT2D eigenvalue weighted by molar-refractivity contribution is -0.148. The number of thiol groups is 1. The number of aromatic nitrogens is 1. The number of ether oxygens (including phenoxy) is 1. The smallest absolute Gasteiger partial charge is 0.309 e. The first-order valence-corrected chi connectivity index (χ1v) is 14.4. The SMILES string of the molecule is CN=[SH]1(O)CCN(c2ccc(-c3oc(C(C)(C)C)nc3C3CCC(F)CC3C(=O)OC)cc2)CC1. The molecule has 1 aromatic heterocycles. The molecule has 2 aliphatic rings. The number of alkyl halides is 1. The van der Waals surface area contributed by atoms with Gasteiger partial charge in [-0.2, -0.15) is 0 Å². The van der Waals surface area contributed by atoms with E-state index in [9.17, 15) is 13.7 Å². The molecule has 35 heavy (non-hydrogen) atoms. The fraction of sp³-hybridized carbons (Fsp3) is 0.615. The minimum atomic E-state index is -2.12. The zero-order chi connectivity index (χ0) is 25.4. The van der Waals surface area contributed by atoms with Crippen molar-refractivity contribution in [2.24, 2.45) is 10.3 Å². The van der Waals surface area contributed by atoms with Gasteiger partial charge in [0.25, 0.3) is 0 Å². The van der Waals surface area contributed by atoms with Crippen molar-refractivity contribution in [3.8, 4) is 11.3 Å². The third kappa shape index (κ3) is 5.45. The van der Waals surface area contributed by atoms with Crippen molar-refractivity contribution in [2.45, 2.75) is 57.5 Å². The molecule has 1 N–H and O–H groups in total. The number of hydrogen-bond acceptors (Lipinski definition) is 6. The van der Waals surface area contributed by atoms with Gasteiger partial charge in [0.05, 0.1) is 18.7 Å². The topological polar surface area (TPSA) is 88.2 Å². The van der Waals surface area contributed by atoms with Crippen LogP contribution in [0.5, 0.6) is 0 Å². The largest absolute Gasteiger partial charge is 0.469 e. The number of nitrogens with zero attached hydrogens (tertiary/aromatic N) is 3. The Hall–Kier alpha value is -2.26. The van der Waals surface area contributed by atoms with Gasteiger partial charge in [0, 0.05) is 54.2 Å². The molecular formula is C26H38FN3O4S. The maximum atomic E-state index is 14.3. The molecule has 1 saturated heterocycles. The number of carbonyl (C=O) groups excluding carboxylic acids is 1. The van der Waals surface area contributed by atoms with Gasteiger partial charge >= 0.3 is 5.97 Å². The van der Waals surface area contributed by atoms with Crippen molar-refractivity contribution in [1.82, 2.24) is 4.98 Å². The summed E-state index contributed by atoms with van der Waals surface area (Å²) in [5.74, 6) is 1.41. The first kappa shape index (κ1) is 25.8. The summed E-state index contributed by atoms with van der Waals surface area (Å²) in [7, 11) is 0.941. The van der Waals surface area contributed by atoms with Gasteiger partial charge in [-0.05, 0) is 43.5 Å². The van der Waals surface area contributed by atoms with Gasteiger partial charge in [-0.15, -0.1) is 10.1 Å². The van der Waals surface area contributed by atoms with Gasteiger partial charge in [0.2, 0.25) is 5.89 Å². The lowest BCUT2D eigenvalue weighted by atomic mass is 9.76. The van der Waals surface area contributed by atoms with Crippen molar-refractivity contribution in [2.75, 3.05) is 43.7 Å². The van der Waals surface area contributed by atoms with Crippen molar-refractivity contribution < 1.29 is 22.9 Å². The molecule has 4 rings (SSSR count). The first-order chi connectivity index (χ1) is 16.5. The second kappa shape index (κ2) is 10.0. The molecule has 1 aliphatic carbocycles. The van der Waals surface area contributed by atoms with Gasteiger partial charge in [-0.25, -0.2) is 9.37 Å². The maximum Gasteiger partial charge on any atom is 0.309 e. The molecule has 3 atom stereocenters. The Kier molecular flexibility index (Phi) is 7.38. The van der Waals surface area contributed by atoms with E-state index in [1.54, 1.807) is 7.05 Å². The number of rotatable bonds is 4. The minimum Gasteiger partial charge on any atom is -0.469 e. The number of hydrogen-bond donors (Lipinski definition) is 2. The van der Waals surface area contributed by atoms with Gasteiger partial charge in [-0.3, -0.25) is 9.16 Å². The van der Waals surface area contributed by atoms with E-state index in [1.807, 2.05) is 32.9 Å². The third-order valence-corrected chi connectivity index (χ3v) is 9.84. The van der Waals surface area contributed by atoms with Gasteiger partial charge in [0.15, 0.2) is 5.76 Å². The molecule has 0 radical (unpaired) electrons. The van der Waals surface area contributed by atoms with Crippen LogP contribution >= 0.6 is 0 Å². The standard InChI is InChI=1S/C26H38FN3O4S/c1-26(2,3)25-29-22(20-11-8-18(27)16-21(20)24(31)33-5)23(34-25)17-6-9-19(10-7-17)30-12-14-35(32,28-4)15-13-30/h6-7,9-10,18,20-21,35H,8,11-16H2,1-5H3,(H,28,32). The summed E-state index contributed by atoms with van der Waals surface area (Å²) in [6, 6.07) is 8.14. The molecule has 2 heterocycles. The van der Waals surface area contributed by atoms with Gasteiger partial charge < -0.3 is 18.6 Å². The summed E-state index contributed by atoms with van der Waals surface area (Å²) in [5.41, 5.74) is 2.35. The van der Waals surface area contributed by atoms with Crippen LogP contribution in [0.1, 0.15) is 57.5 Å². The molecule has 0 bridgehead atoms. The predicted molar refractivity (Wildman–Crippen MR) is 139 cm³/mol. The van der Waals surface area contributed by atoms with Crippen LogP contribution in [-0.2, 0) is 25.1 Å². The number of benzene rings is 1. The van der Waals surface area contributed by atoms with E-state index in [0.717, 1.165) is 24.3 Å². The Morgan fingerprint density at radius 1 is 1.23 bits per heavy atom. The van der Waals surface area contributed by atoms with E-state index < -0.39 is 28.2 Å². The quantitative estimate of drug-likeness (QED) is 0.446. The summed E-state index contributed by atoms with van der Waals surface area (Å²) in [5, 5.41) is 0. The summed E-state index contributed by atoms with van der Waals surface area (Å²) < 4.78 is 40.3. The van der Waals surface area contributed by atoms with Crippen LogP contribution in [0.4, 0.5) is 10.1 Å². The van der Waals surface area contributed by atoms with E-state index in [2.05, 4.69) is 21.4 Å². The average molecular weight is 508 g/mol. The molecule has 2 aromatic rings. The van der Waals surface area contributed by atoms with E-state index in [0.29, 0.717) is 41.7 Å². The van der Waals surface area contributed by atoms with E-state index >= 15 is 0 Å². The van der Waals surface area contributed by atoms with Crippen LogP contribution in [0.25, 0.3) is 11.3 Å². The third-order valence-electron chi connectivity index (χ3n) is 7.26. The van der Waals surface area contributed by atoms with Crippen LogP contribution in [0.3, 0.4) is 0 Å². The summed E-state index contributed by atoms with van der Waals surface area (Å²) in [4.78, 5) is 19.7. The van der Waals surface area contributed by atoms with Gasteiger partial charge in [-0.1, -0.05) is 20.8 Å². The highest BCUT2D eigenvalue weighted by Crippen LogP contribution is 2.44. The molecule has 2 fully saturated rings. The number of anilines is 1. The normalized spacial score (nSPS) is 25.7. The first-order valence-electron chi connectivity index (χ1n) is 12.3. The molecular weight excluding hydrogens is 469 g/mol. The number of methoxy groups -OCH3 is 1. The highest BCUT2D eigenvalue weighted by molar-refractivity contribution is 8.00. The number of halogens is 1. The van der Waals surface area contributed by atoms with E-state index in [4.69, 9.17) is 14.1 Å². The molecule has 1 aliphatic heterocycles. The lowest BCUT2D eigenvalue weighted by Gasteiger charge is -2.37. The van der Waals surface area contributed by atoms with E-state index in [1.165, 1.54) is 7.11 Å². The molecule has 1 saturated carbocycles. The van der Waals surface area contributed by atoms with Crippen LogP contribution in [0, 0.1) is 5.92 Å². The number of oxazole rings is 1. The Morgan fingerprint density at radius 2 is 1.89 bits per heavy atom. The van der Waals surface area contributed by atoms with Crippen LogP contribution in [0.2, 0.25) is 0 Å². The van der Waals surface area contributed by atoms with Crippen molar-refractivity contribution >= 4 is 21.8 Å². The number of carbonyl (C=O) groups is 1. The second-order valence-corrected chi connectivity index (χ2v) is 13.7. The van der Waals surface area contributed by atoms with Crippen LogP contribution < -0.4 is 4.90 Å². The fourth-order valence-electron chi connectivity index (χ4n) is 5.04. The molecule has 3 unspecified atom stereocenters. The van der Waals surface area contributed by atoms with Crippen molar-refractivity contribution in [3.63, 3.8) is 0 Å². The highest BCUT2D eigenvalue weighted by Gasteiger charge is 2.41. The van der Waals surface area contributed by atoms with Crippen molar-refractivity contribution in [1.29, 1.82) is 0 Å². The summed E-state index contributed by atoms with van der Waals surface area (Å²) in [6.07, 6.45) is 0.0332. The molecule has 7 nitrogen and oxygen atoms in total. The maximum absolute atomic E-state index is 14.3. The Morgan fingerprint density at radius 3 is 2.46 bits per heavy atom. The Balaban J connectivity index is 1.67. The van der Waals surface area contributed by atoms with Gasteiger partial charge in [0.1, 0.15) is 6.17 Å². The van der Waals surface area contributed by atoms with Crippen LogP contribution in [0.15, 0.2) is 33.0 Å². The molecule has 1 aromatic carbocycles. The molecule has 9 heteroatoms. The van der Waals surface area contributed by atoms with Crippen LogP contribution in [-0.4, -0.2) is 60.4 Å². The monoisotopic (exact) mass is 507 g/mol.